The van der Waals surface area contributed by atoms with Crippen LogP contribution in [0.2, 0.25) is 5.02 Å². The molecule has 1 aromatic carbocycles. The van der Waals surface area contributed by atoms with Gasteiger partial charge in [0.15, 0.2) is 0 Å². The number of pyridine rings is 1. The second-order valence-corrected chi connectivity index (χ2v) is 3.78. The molecule has 0 spiro atoms. The van der Waals surface area contributed by atoms with Gasteiger partial charge in [0.05, 0.1) is 10.6 Å². The van der Waals surface area contributed by atoms with Crippen molar-refractivity contribution in [2.24, 2.45) is 0 Å². The van der Waals surface area contributed by atoms with Gasteiger partial charge in [0, 0.05) is 11.8 Å². The summed E-state index contributed by atoms with van der Waals surface area (Å²) in [6.07, 6.45) is 1.52. The van der Waals surface area contributed by atoms with Crippen molar-refractivity contribution in [2.45, 2.75) is 0 Å². The Morgan fingerprint density at radius 3 is 2.71 bits per heavy atom. The molecule has 0 amide bonds. The third kappa shape index (κ3) is 2.21. The van der Waals surface area contributed by atoms with Crippen molar-refractivity contribution in [3.05, 3.63) is 47.1 Å². The Morgan fingerprint density at radius 1 is 1.29 bits per heavy atom. The summed E-state index contributed by atoms with van der Waals surface area (Å²) >= 11 is 5.75. The smallest absolute Gasteiger partial charge is 0.337 e. The Labute approximate surface area is 102 Å². The number of nitrogens with zero attached hydrogens (tertiary/aromatic N) is 1. The van der Waals surface area contributed by atoms with Crippen LogP contribution in [0.25, 0.3) is 11.3 Å². The monoisotopic (exact) mass is 249 g/mol. The molecule has 0 bridgehead atoms. The van der Waals surface area contributed by atoms with Crippen molar-refractivity contribution >= 4 is 17.6 Å². The number of carboxylic acids is 1. The van der Waals surface area contributed by atoms with Crippen molar-refractivity contribution in [3.63, 3.8) is 0 Å². The van der Waals surface area contributed by atoms with Gasteiger partial charge in [-0.25, -0.2) is 4.79 Å². The normalized spacial score (nSPS) is 10.2. The number of benzene rings is 1. The van der Waals surface area contributed by atoms with E-state index >= 15 is 0 Å². The second-order valence-electron chi connectivity index (χ2n) is 3.37. The first-order valence-electron chi connectivity index (χ1n) is 4.77. The van der Waals surface area contributed by atoms with Crippen LogP contribution in [0.1, 0.15) is 10.4 Å². The first-order valence-corrected chi connectivity index (χ1v) is 5.14. The maximum Gasteiger partial charge on any atom is 0.337 e. The van der Waals surface area contributed by atoms with Crippen LogP contribution in [0.5, 0.6) is 5.75 Å². The first kappa shape index (κ1) is 11.4. The molecule has 0 atom stereocenters. The quantitative estimate of drug-likeness (QED) is 0.859. The van der Waals surface area contributed by atoms with Gasteiger partial charge in [-0.15, -0.1) is 0 Å². The van der Waals surface area contributed by atoms with E-state index in [1.54, 1.807) is 12.1 Å². The fourth-order valence-corrected chi connectivity index (χ4v) is 1.65. The minimum Gasteiger partial charge on any atom is -0.506 e. The molecule has 2 aromatic rings. The summed E-state index contributed by atoms with van der Waals surface area (Å²) < 4.78 is 0. The molecule has 1 aromatic heterocycles. The Hall–Kier alpha value is -2.07. The summed E-state index contributed by atoms with van der Waals surface area (Å²) in [5.74, 6) is -1.13. The molecule has 17 heavy (non-hydrogen) atoms. The fourth-order valence-electron chi connectivity index (χ4n) is 1.46. The number of carbonyl (C=O) groups is 1. The lowest BCUT2D eigenvalue weighted by Gasteiger charge is -2.05. The van der Waals surface area contributed by atoms with Crippen LogP contribution in [0.3, 0.4) is 0 Å². The van der Waals surface area contributed by atoms with Crippen LogP contribution >= 0.6 is 11.6 Å². The van der Waals surface area contributed by atoms with E-state index in [1.165, 1.54) is 24.4 Å². The first-order chi connectivity index (χ1) is 8.09. The van der Waals surface area contributed by atoms with Crippen LogP contribution in [0.15, 0.2) is 36.5 Å². The van der Waals surface area contributed by atoms with Crippen LogP contribution in [0.4, 0.5) is 0 Å². The van der Waals surface area contributed by atoms with Gasteiger partial charge < -0.3 is 10.2 Å². The largest absolute Gasteiger partial charge is 0.506 e. The third-order valence-corrected chi connectivity index (χ3v) is 2.59. The third-order valence-electron chi connectivity index (χ3n) is 2.26. The highest BCUT2D eigenvalue weighted by molar-refractivity contribution is 6.33. The number of aromatic nitrogens is 1. The lowest BCUT2D eigenvalue weighted by Crippen LogP contribution is -1.98. The van der Waals surface area contributed by atoms with Crippen molar-refractivity contribution < 1.29 is 15.0 Å². The average molecular weight is 250 g/mol. The van der Waals surface area contributed by atoms with Gasteiger partial charge in [0.25, 0.3) is 0 Å². The van der Waals surface area contributed by atoms with E-state index in [9.17, 15) is 9.90 Å². The minimum atomic E-state index is -1.12. The molecule has 2 N–H and O–H groups in total. The second kappa shape index (κ2) is 4.43. The van der Waals surface area contributed by atoms with Crippen molar-refractivity contribution in [3.8, 4) is 17.0 Å². The zero-order valence-corrected chi connectivity index (χ0v) is 9.35. The van der Waals surface area contributed by atoms with Gasteiger partial charge in [0.2, 0.25) is 0 Å². The maximum absolute atomic E-state index is 10.9. The van der Waals surface area contributed by atoms with Gasteiger partial charge in [-0.2, -0.15) is 0 Å². The minimum absolute atomic E-state index is 0.00818. The van der Waals surface area contributed by atoms with Crippen LogP contribution < -0.4 is 0 Å². The summed E-state index contributed by atoms with van der Waals surface area (Å²) in [6.45, 7) is 0. The number of aromatic hydroxyl groups is 1. The average Bonchev–Trinajstić information content (AvgIpc) is 2.30. The molecular weight excluding hydrogens is 242 g/mol. The standard InChI is InChI=1S/C12H8ClNO3/c13-9-4-3-7(6-8(9)12(16)17)11-10(15)2-1-5-14-11/h1-6,15H,(H,16,17). The Balaban J connectivity index is 2.58. The molecule has 0 saturated carbocycles. The molecule has 0 aliphatic carbocycles. The summed E-state index contributed by atoms with van der Waals surface area (Å²) in [6, 6.07) is 7.53. The Morgan fingerprint density at radius 2 is 2.06 bits per heavy atom. The molecular formula is C12H8ClNO3. The highest BCUT2D eigenvalue weighted by atomic mass is 35.5. The molecule has 1 heterocycles. The molecule has 86 valence electrons. The summed E-state index contributed by atoms with van der Waals surface area (Å²) in [7, 11) is 0. The van der Waals surface area contributed by atoms with Gasteiger partial charge >= 0.3 is 5.97 Å². The molecule has 0 aliphatic rings. The summed E-state index contributed by atoms with van der Waals surface area (Å²) in [5, 5.41) is 18.7. The maximum atomic E-state index is 10.9. The zero-order valence-electron chi connectivity index (χ0n) is 8.59. The predicted molar refractivity (Wildman–Crippen MR) is 63.3 cm³/mol. The van der Waals surface area contributed by atoms with Gasteiger partial charge in [-0.05, 0) is 24.3 Å². The van der Waals surface area contributed by atoms with E-state index < -0.39 is 5.97 Å². The number of carboxylic acid groups (broad SMARTS) is 1. The molecule has 5 heteroatoms. The van der Waals surface area contributed by atoms with Crippen LogP contribution in [0, 0.1) is 0 Å². The molecule has 0 radical (unpaired) electrons. The lowest BCUT2D eigenvalue weighted by atomic mass is 10.1. The molecule has 0 fully saturated rings. The van der Waals surface area contributed by atoms with E-state index in [0.29, 0.717) is 11.3 Å². The highest BCUT2D eigenvalue weighted by Crippen LogP contribution is 2.29. The SMILES string of the molecule is O=C(O)c1cc(-c2ncccc2O)ccc1Cl. The van der Waals surface area contributed by atoms with Crippen molar-refractivity contribution in [1.82, 2.24) is 4.98 Å². The van der Waals surface area contributed by atoms with E-state index in [2.05, 4.69) is 4.98 Å². The molecule has 0 unspecified atom stereocenters. The Bertz CT molecular complexity index is 584. The molecule has 4 nitrogen and oxygen atoms in total. The zero-order chi connectivity index (χ0) is 12.4. The van der Waals surface area contributed by atoms with Gasteiger partial charge in [-0.3, -0.25) is 4.98 Å². The number of hydrogen-bond donors (Lipinski definition) is 2. The molecule has 0 aliphatic heterocycles. The van der Waals surface area contributed by atoms with Crippen molar-refractivity contribution in [2.75, 3.05) is 0 Å². The van der Waals surface area contributed by atoms with Crippen molar-refractivity contribution in [1.29, 1.82) is 0 Å². The number of hydrogen-bond acceptors (Lipinski definition) is 3. The van der Waals surface area contributed by atoms with Crippen LogP contribution in [-0.4, -0.2) is 21.2 Å². The molecule has 0 saturated heterocycles. The summed E-state index contributed by atoms with van der Waals surface area (Å²) in [5.41, 5.74) is 0.811. The predicted octanol–water partition coefficient (Wildman–Crippen LogP) is 2.81. The van der Waals surface area contributed by atoms with E-state index in [4.69, 9.17) is 16.7 Å². The van der Waals surface area contributed by atoms with Gasteiger partial charge in [-0.1, -0.05) is 17.7 Å². The number of halogens is 1. The highest BCUT2D eigenvalue weighted by Gasteiger charge is 2.12. The molecule has 2 rings (SSSR count). The van der Waals surface area contributed by atoms with Gasteiger partial charge in [0.1, 0.15) is 11.4 Å². The van der Waals surface area contributed by atoms with E-state index in [0.717, 1.165) is 0 Å². The Kier molecular flexibility index (Phi) is 2.97. The topological polar surface area (TPSA) is 70.4 Å². The van der Waals surface area contributed by atoms with E-state index in [1.807, 2.05) is 0 Å². The summed E-state index contributed by atoms with van der Waals surface area (Å²) in [4.78, 5) is 14.9. The number of aromatic carboxylic acids is 1. The number of rotatable bonds is 2. The fraction of sp³-hybridized carbons (Fsp3) is 0. The van der Waals surface area contributed by atoms with E-state index in [-0.39, 0.29) is 16.3 Å². The van der Waals surface area contributed by atoms with Crippen LogP contribution in [-0.2, 0) is 0 Å². The lowest BCUT2D eigenvalue weighted by molar-refractivity contribution is 0.0697.